The number of thiocarbonyl (C=S) groups is 1. The van der Waals surface area contributed by atoms with Crippen LogP contribution < -0.4 is 10.6 Å². The van der Waals surface area contributed by atoms with Crippen molar-refractivity contribution in [1.82, 2.24) is 0 Å². The minimum atomic E-state index is -0.978. The normalized spacial score (nSPS) is 10.5. The number of carbonyl (C=O) groups is 1. The number of anilines is 2. The fourth-order valence-corrected chi connectivity index (χ4v) is 3.32. The highest BCUT2D eigenvalue weighted by molar-refractivity contribution is 7.80. The lowest BCUT2D eigenvalue weighted by Gasteiger charge is -2.14. The lowest BCUT2D eigenvalue weighted by atomic mass is 10.0. The molecule has 9 heteroatoms. The molecule has 3 aromatic rings. The van der Waals surface area contributed by atoms with Crippen molar-refractivity contribution in [2.24, 2.45) is 0 Å². The van der Waals surface area contributed by atoms with Crippen LogP contribution in [-0.4, -0.2) is 33.3 Å². The van der Waals surface area contributed by atoms with Gasteiger partial charge in [0.05, 0.1) is 4.91 Å². The molecule has 0 radical (unpaired) electrons. The highest BCUT2D eigenvalue weighted by atomic mass is 32.1. The van der Waals surface area contributed by atoms with Crippen LogP contribution in [0.25, 0.3) is 6.08 Å². The van der Waals surface area contributed by atoms with Gasteiger partial charge in [-0.1, -0.05) is 31.2 Å². The molecule has 0 atom stereocenters. The molecule has 0 aliphatic rings. The largest absolute Gasteiger partial charge is 0.508 e. The second-order valence-corrected chi connectivity index (χ2v) is 8.17. The van der Waals surface area contributed by atoms with Crippen molar-refractivity contribution in [3.05, 3.63) is 93.9 Å². The second kappa shape index (κ2) is 13.6. The van der Waals surface area contributed by atoms with E-state index in [1.165, 1.54) is 19.6 Å². The Morgan fingerprint density at radius 1 is 1.08 bits per heavy atom. The minimum absolute atomic E-state index is 0.224. The van der Waals surface area contributed by atoms with Gasteiger partial charge in [-0.2, -0.15) is 0 Å². The third kappa shape index (κ3) is 8.52. The van der Waals surface area contributed by atoms with Crippen LogP contribution in [0.15, 0.2) is 72.3 Å². The zero-order valence-corrected chi connectivity index (χ0v) is 21.4. The van der Waals surface area contributed by atoms with Gasteiger partial charge < -0.3 is 20.8 Å². The third-order valence-electron chi connectivity index (χ3n) is 5.09. The fraction of sp³-hybridized carbons (Fsp3) is 0.185. The summed E-state index contributed by atoms with van der Waals surface area (Å²) >= 11 is 5.34. The number of phenolic OH excluding ortho intramolecular Hbond substituents is 1. The number of benzene rings is 3. The maximum Gasteiger partial charge on any atom is 0.331 e. The van der Waals surface area contributed by atoms with E-state index in [1.807, 2.05) is 37.3 Å². The second-order valence-electron chi connectivity index (χ2n) is 7.76. The summed E-state index contributed by atoms with van der Waals surface area (Å²) in [6, 6.07) is 19.5. The van der Waals surface area contributed by atoms with Crippen LogP contribution >= 0.6 is 12.2 Å². The lowest BCUT2D eigenvalue weighted by molar-refractivity contribution is -0.736. The maximum absolute atomic E-state index is 11.4. The molecule has 188 valence electrons. The SMILES string of the molecule is CCc1cccc(O)c1.CO[N+](=O)c1ccc(NC(=S)Nc2cccc(C)c2/C=C(\C)C(=O)O)cc1. The molecule has 0 aliphatic heterocycles. The van der Waals surface area contributed by atoms with Crippen molar-refractivity contribution in [3.8, 4) is 5.75 Å². The van der Waals surface area contributed by atoms with E-state index in [0.717, 1.165) is 17.5 Å². The molecule has 3 rings (SSSR count). The van der Waals surface area contributed by atoms with Gasteiger partial charge in [0, 0.05) is 34.6 Å². The molecule has 0 aromatic heterocycles. The molecular weight excluding hydrogens is 478 g/mol. The molecule has 4 N–H and O–H groups in total. The predicted octanol–water partition coefficient (Wildman–Crippen LogP) is 6.22. The van der Waals surface area contributed by atoms with E-state index >= 15 is 0 Å². The Morgan fingerprint density at radius 3 is 2.31 bits per heavy atom. The lowest BCUT2D eigenvalue weighted by Crippen LogP contribution is -2.19. The quantitative estimate of drug-likeness (QED) is 0.169. The molecule has 0 saturated heterocycles. The molecule has 0 heterocycles. The number of nitrogens with one attached hydrogen (secondary N) is 2. The van der Waals surface area contributed by atoms with E-state index in [4.69, 9.17) is 22.4 Å². The van der Waals surface area contributed by atoms with Gasteiger partial charge in [-0.15, -0.1) is 0 Å². The van der Waals surface area contributed by atoms with Crippen molar-refractivity contribution in [3.63, 3.8) is 0 Å². The number of nitrogens with zero attached hydrogens (tertiary/aromatic N) is 1. The molecule has 0 aliphatic carbocycles. The van der Waals surface area contributed by atoms with Crippen LogP contribution in [0.5, 0.6) is 5.75 Å². The number of rotatable bonds is 7. The van der Waals surface area contributed by atoms with Crippen molar-refractivity contribution < 1.29 is 24.8 Å². The monoisotopic (exact) mass is 508 g/mol. The van der Waals surface area contributed by atoms with Crippen molar-refractivity contribution >= 4 is 46.4 Å². The number of aromatic hydroxyl groups is 1. The number of hydrogen-bond acceptors (Lipinski definition) is 5. The van der Waals surface area contributed by atoms with Gasteiger partial charge in [0.1, 0.15) is 5.75 Å². The van der Waals surface area contributed by atoms with Gasteiger partial charge in [0.25, 0.3) is 4.92 Å². The summed E-state index contributed by atoms with van der Waals surface area (Å²) in [5.41, 5.74) is 4.80. The Kier molecular flexibility index (Phi) is 10.6. The van der Waals surface area contributed by atoms with Crippen LogP contribution in [0.3, 0.4) is 0 Å². The predicted molar refractivity (Wildman–Crippen MR) is 147 cm³/mol. The zero-order valence-electron chi connectivity index (χ0n) is 20.6. The summed E-state index contributed by atoms with van der Waals surface area (Å²) in [6.45, 7) is 5.50. The van der Waals surface area contributed by atoms with Crippen LogP contribution in [0.2, 0.25) is 0 Å². The first-order valence-corrected chi connectivity index (χ1v) is 11.5. The van der Waals surface area contributed by atoms with Gasteiger partial charge in [-0.05, 0) is 80.0 Å². The standard InChI is InChI=1S/C19H19N3O4S.C8H10O/c1-12-5-4-6-17(16(12)11-13(2)18(23)24)21-19(27)20-14-7-9-15(10-8-14)22(25)26-3;1-2-7-4-3-5-8(9)6-7/h4-11H,1-3H3,(H2-,20,21,23,24,25,27);3-6,9H,2H2,1H3/p+1/b13-11+;. The zero-order chi connectivity index (χ0) is 26.7. The average molecular weight is 509 g/mol. The highest BCUT2D eigenvalue weighted by Gasteiger charge is 2.13. The summed E-state index contributed by atoms with van der Waals surface area (Å²) in [7, 11) is 1.29. The minimum Gasteiger partial charge on any atom is -0.508 e. The van der Waals surface area contributed by atoms with Gasteiger partial charge in [0.2, 0.25) is 0 Å². The Bertz CT molecular complexity index is 1260. The smallest absolute Gasteiger partial charge is 0.331 e. The van der Waals surface area contributed by atoms with Crippen molar-refractivity contribution in [2.45, 2.75) is 27.2 Å². The molecule has 0 bridgehead atoms. The van der Waals surface area contributed by atoms with Crippen molar-refractivity contribution in [2.75, 3.05) is 17.7 Å². The molecular formula is C27H30N3O5S+. The first-order valence-electron chi connectivity index (χ1n) is 11.1. The first-order chi connectivity index (χ1) is 17.1. The van der Waals surface area contributed by atoms with E-state index in [2.05, 4.69) is 22.4 Å². The molecule has 8 nitrogen and oxygen atoms in total. The number of aliphatic carboxylic acids is 1. The number of hydrogen-bond donors (Lipinski definition) is 4. The summed E-state index contributed by atoms with van der Waals surface area (Å²) in [5.74, 6) is -0.622. The van der Waals surface area contributed by atoms with E-state index in [9.17, 15) is 9.70 Å². The van der Waals surface area contributed by atoms with E-state index in [0.29, 0.717) is 32.8 Å². The number of aryl methyl sites for hydroxylation is 2. The summed E-state index contributed by atoms with van der Waals surface area (Å²) in [5, 5.41) is 24.5. The van der Waals surface area contributed by atoms with Crippen LogP contribution in [0, 0.1) is 11.8 Å². The van der Waals surface area contributed by atoms with Gasteiger partial charge in [-0.25, -0.2) is 9.63 Å². The van der Waals surface area contributed by atoms with Gasteiger partial charge >= 0.3 is 11.7 Å². The van der Waals surface area contributed by atoms with E-state index in [1.54, 1.807) is 42.5 Å². The molecule has 0 unspecified atom stereocenters. The topological polar surface area (TPSA) is 111 Å². The molecule has 0 fully saturated rings. The number of phenols is 1. The van der Waals surface area contributed by atoms with Crippen molar-refractivity contribution in [1.29, 1.82) is 0 Å². The summed E-state index contributed by atoms with van der Waals surface area (Å²) < 4.78 is 0. The van der Waals surface area contributed by atoms with Gasteiger partial charge in [-0.3, -0.25) is 0 Å². The fourth-order valence-electron chi connectivity index (χ4n) is 3.09. The Hall–Kier alpha value is -4.24. The summed E-state index contributed by atoms with van der Waals surface area (Å²) in [4.78, 5) is 27.5. The summed E-state index contributed by atoms with van der Waals surface area (Å²) in [6.07, 6.45) is 2.58. The molecule has 0 saturated carbocycles. The molecule has 0 amide bonds. The van der Waals surface area contributed by atoms with E-state index in [-0.39, 0.29) is 5.57 Å². The average Bonchev–Trinajstić information content (AvgIpc) is 2.86. The highest BCUT2D eigenvalue weighted by Crippen LogP contribution is 2.23. The Morgan fingerprint density at radius 2 is 1.75 bits per heavy atom. The van der Waals surface area contributed by atoms with Crippen LogP contribution in [0.4, 0.5) is 17.1 Å². The Balaban J connectivity index is 0.000000425. The molecule has 0 spiro atoms. The molecule has 3 aromatic carbocycles. The maximum atomic E-state index is 11.4. The first kappa shape index (κ1) is 28.0. The van der Waals surface area contributed by atoms with Crippen LogP contribution in [0.1, 0.15) is 30.5 Å². The number of carboxylic acid groups (broad SMARTS) is 1. The third-order valence-corrected chi connectivity index (χ3v) is 5.30. The van der Waals surface area contributed by atoms with E-state index < -0.39 is 5.97 Å². The van der Waals surface area contributed by atoms with Crippen LogP contribution in [-0.2, 0) is 16.1 Å². The Labute approximate surface area is 215 Å². The van der Waals surface area contributed by atoms with Gasteiger partial charge in [0.15, 0.2) is 12.2 Å². The number of carboxylic acids is 1. The molecule has 36 heavy (non-hydrogen) atoms.